The molecule has 0 spiro atoms. The van der Waals surface area contributed by atoms with Crippen LogP contribution in [-0.4, -0.2) is 10.6 Å². The molecule has 0 radical (unpaired) electrons. The third-order valence-corrected chi connectivity index (χ3v) is 3.08. The summed E-state index contributed by atoms with van der Waals surface area (Å²) in [5, 5.41) is 15.4. The van der Waals surface area contributed by atoms with Crippen molar-refractivity contribution >= 4 is 10.8 Å². The summed E-state index contributed by atoms with van der Waals surface area (Å²) in [6.45, 7) is 4.43. The second-order valence-corrected chi connectivity index (χ2v) is 4.91. The van der Waals surface area contributed by atoms with Gasteiger partial charge in [0.1, 0.15) is 5.75 Å². The Morgan fingerprint density at radius 1 is 1.22 bits per heavy atom. The van der Waals surface area contributed by atoms with Gasteiger partial charge in [0.2, 0.25) is 0 Å². The molecule has 0 bridgehead atoms. The Kier molecular flexibility index (Phi) is 3.27. The Balaban J connectivity index is 2.38. The Hall–Kier alpha value is -1.98. The van der Waals surface area contributed by atoms with E-state index in [-0.39, 0.29) is 5.54 Å². The van der Waals surface area contributed by atoms with Crippen LogP contribution in [0.4, 0.5) is 0 Å². The van der Waals surface area contributed by atoms with Crippen molar-refractivity contribution in [1.29, 1.82) is 0 Å². The maximum absolute atomic E-state index is 9.99. The van der Waals surface area contributed by atoms with E-state index < -0.39 is 0 Å². The predicted octanol–water partition coefficient (Wildman–Crippen LogP) is 3.05. The number of nitrogens with one attached hydrogen (secondary N) is 1. The molecule has 0 heterocycles. The number of terminal acetylenes is 1. The van der Waals surface area contributed by atoms with Crippen molar-refractivity contribution in [3.8, 4) is 18.1 Å². The highest BCUT2D eigenvalue weighted by molar-refractivity contribution is 5.87. The molecule has 2 nitrogen and oxygen atoms in total. The number of hydrogen-bond donors (Lipinski definition) is 2. The van der Waals surface area contributed by atoms with Gasteiger partial charge in [0.15, 0.2) is 0 Å². The maximum Gasteiger partial charge on any atom is 0.120 e. The van der Waals surface area contributed by atoms with Gasteiger partial charge in [-0.25, -0.2) is 0 Å². The van der Waals surface area contributed by atoms with Gasteiger partial charge in [-0.15, -0.1) is 6.42 Å². The van der Waals surface area contributed by atoms with Crippen LogP contribution >= 0.6 is 0 Å². The van der Waals surface area contributed by atoms with E-state index >= 15 is 0 Å². The van der Waals surface area contributed by atoms with Gasteiger partial charge >= 0.3 is 0 Å². The van der Waals surface area contributed by atoms with Crippen LogP contribution in [0.25, 0.3) is 10.8 Å². The maximum atomic E-state index is 9.99. The lowest BCUT2D eigenvalue weighted by atomic mass is 10.0. The molecular weight excluding hydrogens is 222 g/mol. The van der Waals surface area contributed by atoms with Gasteiger partial charge in [0, 0.05) is 12.1 Å². The fourth-order valence-electron chi connectivity index (χ4n) is 1.87. The van der Waals surface area contributed by atoms with Crippen LogP contribution in [0.3, 0.4) is 0 Å². The number of rotatable bonds is 3. The molecule has 0 unspecified atom stereocenters. The molecule has 0 aliphatic rings. The molecule has 0 aliphatic heterocycles. The van der Waals surface area contributed by atoms with Crippen LogP contribution in [0.1, 0.15) is 19.4 Å². The second kappa shape index (κ2) is 4.72. The van der Waals surface area contributed by atoms with E-state index in [0.29, 0.717) is 12.3 Å². The van der Waals surface area contributed by atoms with E-state index in [1.807, 2.05) is 44.2 Å². The lowest BCUT2D eigenvalue weighted by Gasteiger charge is -2.20. The van der Waals surface area contributed by atoms with Gasteiger partial charge < -0.3 is 5.11 Å². The third-order valence-electron chi connectivity index (χ3n) is 3.08. The molecule has 92 valence electrons. The Morgan fingerprint density at radius 2 is 1.94 bits per heavy atom. The molecule has 0 saturated carbocycles. The quantitative estimate of drug-likeness (QED) is 0.807. The number of benzene rings is 2. The summed E-state index contributed by atoms with van der Waals surface area (Å²) in [7, 11) is 0. The third kappa shape index (κ3) is 2.47. The van der Waals surface area contributed by atoms with Gasteiger partial charge in [-0.1, -0.05) is 36.3 Å². The van der Waals surface area contributed by atoms with Crippen molar-refractivity contribution in [2.75, 3.05) is 0 Å². The highest BCUT2D eigenvalue weighted by atomic mass is 16.3. The standard InChI is InChI=1S/C16H17NO/c1-4-16(2,3)17-11-14-13-8-6-5-7-12(13)9-10-15(14)18/h1,5-10,17-18H,11H2,2-3H3. The summed E-state index contributed by atoms with van der Waals surface area (Å²) < 4.78 is 0. The minimum absolute atomic E-state index is 0.300. The molecule has 0 saturated heterocycles. The van der Waals surface area contributed by atoms with Gasteiger partial charge in [-0.3, -0.25) is 5.32 Å². The normalized spacial score (nSPS) is 11.4. The summed E-state index contributed by atoms with van der Waals surface area (Å²) in [6.07, 6.45) is 5.45. The monoisotopic (exact) mass is 239 g/mol. The molecule has 0 aromatic heterocycles. The average Bonchev–Trinajstić information content (AvgIpc) is 2.37. The number of phenolic OH excluding ortho intramolecular Hbond substituents is 1. The Labute approximate surface area is 108 Å². The zero-order valence-electron chi connectivity index (χ0n) is 10.7. The summed E-state index contributed by atoms with van der Waals surface area (Å²) in [5.41, 5.74) is 0.500. The van der Waals surface area contributed by atoms with Gasteiger partial charge in [-0.2, -0.15) is 0 Å². The molecule has 0 amide bonds. The van der Waals surface area contributed by atoms with Crippen LogP contribution in [0.5, 0.6) is 5.75 Å². The van der Waals surface area contributed by atoms with Gasteiger partial charge in [-0.05, 0) is 30.7 Å². The van der Waals surface area contributed by atoms with Gasteiger partial charge in [0.05, 0.1) is 5.54 Å². The van der Waals surface area contributed by atoms with Crippen LogP contribution in [0.2, 0.25) is 0 Å². The molecule has 0 aliphatic carbocycles. The van der Waals surface area contributed by atoms with Gasteiger partial charge in [0.25, 0.3) is 0 Å². The fraction of sp³-hybridized carbons (Fsp3) is 0.250. The van der Waals surface area contributed by atoms with Crippen LogP contribution in [-0.2, 0) is 6.54 Å². The fourth-order valence-corrected chi connectivity index (χ4v) is 1.87. The Morgan fingerprint density at radius 3 is 2.67 bits per heavy atom. The largest absolute Gasteiger partial charge is 0.508 e. The summed E-state index contributed by atoms with van der Waals surface area (Å²) in [4.78, 5) is 0. The molecule has 2 heteroatoms. The first-order chi connectivity index (χ1) is 8.53. The lowest BCUT2D eigenvalue weighted by Crippen LogP contribution is -2.36. The Bertz CT molecular complexity index is 608. The first kappa shape index (κ1) is 12.5. The summed E-state index contributed by atoms with van der Waals surface area (Å²) in [6, 6.07) is 11.6. The van der Waals surface area contributed by atoms with Crippen LogP contribution < -0.4 is 5.32 Å². The second-order valence-electron chi connectivity index (χ2n) is 4.91. The van der Waals surface area contributed by atoms with E-state index in [9.17, 15) is 5.11 Å². The predicted molar refractivity (Wildman–Crippen MR) is 75.4 cm³/mol. The van der Waals surface area contributed by atoms with Crippen molar-refractivity contribution < 1.29 is 5.11 Å². The van der Waals surface area contributed by atoms with Crippen LogP contribution in [0, 0.1) is 12.3 Å². The van der Waals surface area contributed by atoms with Crippen molar-refractivity contribution in [2.45, 2.75) is 25.9 Å². The number of hydrogen-bond acceptors (Lipinski definition) is 2. The number of phenols is 1. The van der Waals surface area contributed by atoms with Crippen LogP contribution in [0.15, 0.2) is 36.4 Å². The highest BCUT2D eigenvalue weighted by Crippen LogP contribution is 2.27. The summed E-state index contributed by atoms with van der Waals surface area (Å²) in [5.74, 6) is 2.99. The molecule has 2 N–H and O–H groups in total. The van der Waals surface area contributed by atoms with E-state index in [4.69, 9.17) is 6.42 Å². The molecule has 0 fully saturated rings. The van der Waals surface area contributed by atoms with Crippen molar-refractivity contribution in [1.82, 2.24) is 5.32 Å². The first-order valence-electron chi connectivity index (χ1n) is 5.96. The van der Waals surface area contributed by atoms with E-state index in [2.05, 4.69) is 11.2 Å². The van der Waals surface area contributed by atoms with E-state index in [1.165, 1.54) is 0 Å². The van der Waals surface area contributed by atoms with Crippen molar-refractivity contribution in [2.24, 2.45) is 0 Å². The SMILES string of the molecule is C#CC(C)(C)NCc1c(O)ccc2ccccc12. The molecule has 18 heavy (non-hydrogen) atoms. The number of fused-ring (bicyclic) bond motifs is 1. The minimum atomic E-state index is -0.386. The average molecular weight is 239 g/mol. The lowest BCUT2D eigenvalue weighted by molar-refractivity contribution is 0.450. The first-order valence-corrected chi connectivity index (χ1v) is 5.96. The molecule has 2 aromatic rings. The molecular formula is C16H17NO. The smallest absolute Gasteiger partial charge is 0.120 e. The number of aromatic hydroxyl groups is 1. The molecule has 2 rings (SSSR count). The van der Waals surface area contributed by atoms with E-state index in [1.54, 1.807) is 6.07 Å². The summed E-state index contributed by atoms with van der Waals surface area (Å²) >= 11 is 0. The molecule has 0 atom stereocenters. The van der Waals surface area contributed by atoms with E-state index in [0.717, 1.165) is 16.3 Å². The molecule has 2 aromatic carbocycles. The minimum Gasteiger partial charge on any atom is -0.508 e. The zero-order valence-corrected chi connectivity index (χ0v) is 10.7. The highest BCUT2D eigenvalue weighted by Gasteiger charge is 2.14. The topological polar surface area (TPSA) is 32.3 Å². The van der Waals surface area contributed by atoms with Crippen molar-refractivity contribution in [3.05, 3.63) is 42.0 Å². The zero-order chi connectivity index (χ0) is 13.2. The van der Waals surface area contributed by atoms with Crippen molar-refractivity contribution in [3.63, 3.8) is 0 Å².